The molecule has 0 fully saturated rings. The molecule has 1 N–H and O–H groups in total. The highest BCUT2D eigenvalue weighted by Gasteiger charge is 2.05. The Hall–Kier alpha value is -1.39. The van der Waals surface area contributed by atoms with Crippen LogP contribution < -0.4 is 5.32 Å². The van der Waals surface area contributed by atoms with Gasteiger partial charge in [-0.1, -0.05) is 29.5 Å². The van der Waals surface area contributed by atoms with Crippen molar-refractivity contribution in [1.82, 2.24) is 4.98 Å². The van der Waals surface area contributed by atoms with Gasteiger partial charge < -0.3 is 5.32 Å². The van der Waals surface area contributed by atoms with E-state index in [4.69, 9.17) is 0 Å². The summed E-state index contributed by atoms with van der Waals surface area (Å²) in [5, 5.41) is 4.27. The minimum absolute atomic E-state index is 0.917. The fourth-order valence-corrected chi connectivity index (χ4v) is 3.23. The lowest BCUT2D eigenvalue weighted by Crippen LogP contribution is -1.90. The Morgan fingerprint density at radius 1 is 1.17 bits per heavy atom. The maximum Gasteiger partial charge on any atom is 0.188 e. The SMILES string of the molecule is Cc1ccc(Nc2nc3ccccc3s2)c(Br)c1. The van der Waals surface area contributed by atoms with Crippen molar-refractivity contribution in [1.29, 1.82) is 0 Å². The van der Waals surface area contributed by atoms with Crippen LogP contribution in [-0.2, 0) is 0 Å². The Morgan fingerprint density at radius 3 is 2.78 bits per heavy atom. The lowest BCUT2D eigenvalue weighted by Gasteiger charge is -2.05. The second-order valence-electron chi connectivity index (χ2n) is 4.10. The molecule has 0 atom stereocenters. The van der Waals surface area contributed by atoms with Crippen molar-refractivity contribution in [3.8, 4) is 0 Å². The Bertz CT molecular complexity index is 673. The third kappa shape index (κ3) is 2.26. The first-order valence-corrected chi connectivity index (χ1v) is 7.22. The van der Waals surface area contributed by atoms with E-state index in [1.165, 1.54) is 10.3 Å². The number of hydrogen-bond acceptors (Lipinski definition) is 3. The third-order valence-corrected chi connectivity index (χ3v) is 4.27. The van der Waals surface area contributed by atoms with E-state index in [-0.39, 0.29) is 0 Å². The number of aryl methyl sites for hydroxylation is 1. The van der Waals surface area contributed by atoms with Gasteiger partial charge in [-0.25, -0.2) is 4.98 Å². The summed E-state index contributed by atoms with van der Waals surface area (Å²) in [5.74, 6) is 0. The molecule has 0 saturated heterocycles. The number of nitrogens with one attached hydrogen (secondary N) is 1. The number of aromatic nitrogens is 1. The highest BCUT2D eigenvalue weighted by molar-refractivity contribution is 9.10. The van der Waals surface area contributed by atoms with E-state index in [0.29, 0.717) is 0 Å². The van der Waals surface area contributed by atoms with Gasteiger partial charge in [0.15, 0.2) is 5.13 Å². The van der Waals surface area contributed by atoms with E-state index in [2.05, 4.69) is 57.4 Å². The van der Waals surface area contributed by atoms with E-state index in [1.807, 2.05) is 18.2 Å². The number of hydrogen-bond donors (Lipinski definition) is 1. The molecular formula is C14H11BrN2S. The molecule has 4 heteroatoms. The summed E-state index contributed by atoms with van der Waals surface area (Å²) < 4.78 is 2.25. The van der Waals surface area contributed by atoms with Crippen LogP contribution in [0.3, 0.4) is 0 Å². The average Bonchev–Trinajstić information content (AvgIpc) is 2.75. The number of thiazole rings is 1. The van der Waals surface area contributed by atoms with E-state index in [1.54, 1.807) is 11.3 Å². The molecule has 0 bridgehead atoms. The van der Waals surface area contributed by atoms with Crippen molar-refractivity contribution in [2.45, 2.75) is 6.92 Å². The molecule has 2 aromatic carbocycles. The zero-order valence-corrected chi connectivity index (χ0v) is 12.2. The van der Waals surface area contributed by atoms with Gasteiger partial charge >= 0.3 is 0 Å². The largest absolute Gasteiger partial charge is 0.331 e. The lowest BCUT2D eigenvalue weighted by molar-refractivity contribution is 1.40. The van der Waals surface area contributed by atoms with Crippen LogP contribution in [0, 0.1) is 6.92 Å². The lowest BCUT2D eigenvalue weighted by atomic mass is 10.2. The van der Waals surface area contributed by atoms with Crippen molar-refractivity contribution in [2.75, 3.05) is 5.32 Å². The highest BCUT2D eigenvalue weighted by Crippen LogP contribution is 2.31. The Balaban J connectivity index is 1.96. The summed E-state index contributed by atoms with van der Waals surface area (Å²) >= 11 is 5.22. The monoisotopic (exact) mass is 318 g/mol. The maximum atomic E-state index is 4.56. The molecule has 1 heterocycles. The van der Waals surface area contributed by atoms with Crippen LogP contribution in [0.1, 0.15) is 5.56 Å². The Morgan fingerprint density at radius 2 is 2.00 bits per heavy atom. The van der Waals surface area contributed by atoms with Crippen molar-refractivity contribution >= 4 is 48.3 Å². The molecule has 1 aromatic heterocycles. The molecular weight excluding hydrogens is 308 g/mol. The summed E-state index contributed by atoms with van der Waals surface area (Å²) in [4.78, 5) is 4.56. The van der Waals surface area contributed by atoms with Crippen molar-refractivity contribution in [2.24, 2.45) is 0 Å². The summed E-state index contributed by atoms with van der Waals surface area (Å²) in [5.41, 5.74) is 3.31. The summed E-state index contributed by atoms with van der Waals surface area (Å²) in [7, 11) is 0. The quantitative estimate of drug-likeness (QED) is 0.710. The van der Waals surface area contributed by atoms with E-state index < -0.39 is 0 Å². The van der Waals surface area contributed by atoms with Crippen molar-refractivity contribution < 1.29 is 0 Å². The summed E-state index contributed by atoms with van der Waals surface area (Å²) in [6.45, 7) is 2.08. The normalized spacial score (nSPS) is 10.8. The fourth-order valence-electron chi connectivity index (χ4n) is 1.76. The minimum Gasteiger partial charge on any atom is -0.331 e. The first-order valence-electron chi connectivity index (χ1n) is 5.61. The number of para-hydroxylation sites is 1. The predicted molar refractivity (Wildman–Crippen MR) is 81.8 cm³/mol. The molecule has 3 aromatic rings. The second-order valence-corrected chi connectivity index (χ2v) is 5.98. The van der Waals surface area contributed by atoms with Gasteiger partial charge in [-0.15, -0.1) is 0 Å². The number of halogens is 1. The average molecular weight is 319 g/mol. The van der Waals surface area contributed by atoms with Crippen molar-refractivity contribution in [3.05, 3.63) is 52.5 Å². The van der Waals surface area contributed by atoms with Crippen LogP contribution in [0.15, 0.2) is 46.9 Å². The molecule has 0 aliphatic rings. The molecule has 0 radical (unpaired) electrons. The zero-order valence-electron chi connectivity index (χ0n) is 9.77. The van der Waals surface area contributed by atoms with E-state index in [0.717, 1.165) is 20.8 Å². The molecule has 0 unspecified atom stereocenters. The predicted octanol–water partition coefficient (Wildman–Crippen LogP) is 5.11. The molecule has 0 amide bonds. The number of anilines is 2. The highest BCUT2D eigenvalue weighted by atomic mass is 79.9. The van der Waals surface area contributed by atoms with Gasteiger partial charge in [0.25, 0.3) is 0 Å². The molecule has 0 spiro atoms. The van der Waals surface area contributed by atoms with Gasteiger partial charge in [0.1, 0.15) is 0 Å². The van der Waals surface area contributed by atoms with Gasteiger partial charge in [-0.2, -0.15) is 0 Å². The van der Waals surface area contributed by atoms with Gasteiger partial charge in [0, 0.05) is 4.47 Å². The van der Waals surface area contributed by atoms with Crippen LogP contribution in [0.25, 0.3) is 10.2 Å². The van der Waals surface area contributed by atoms with E-state index in [9.17, 15) is 0 Å². The van der Waals surface area contributed by atoms with E-state index >= 15 is 0 Å². The van der Waals surface area contributed by atoms with Crippen molar-refractivity contribution in [3.63, 3.8) is 0 Å². The zero-order chi connectivity index (χ0) is 12.5. The molecule has 18 heavy (non-hydrogen) atoms. The first kappa shape index (κ1) is 11.7. The van der Waals surface area contributed by atoms with Crippen LogP contribution in [0.4, 0.5) is 10.8 Å². The maximum absolute atomic E-state index is 4.56. The second kappa shape index (κ2) is 4.71. The van der Waals surface area contributed by atoms with Gasteiger partial charge in [-0.05, 0) is 52.7 Å². The van der Waals surface area contributed by atoms with Crippen LogP contribution in [-0.4, -0.2) is 4.98 Å². The molecule has 3 rings (SSSR count). The summed E-state index contributed by atoms with van der Waals surface area (Å²) in [6, 6.07) is 14.4. The number of rotatable bonds is 2. The van der Waals surface area contributed by atoms with Gasteiger partial charge in [0.05, 0.1) is 15.9 Å². The topological polar surface area (TPSA) is 24.9 Å². The third-order valence-electron chi connectivity index (χ3n) is 2.66. The van der Waals surface area contributed by atoms with Crippen LogP contribution in [0.2, 0.25) is 0 Å². The first-order chi connectivity index (χ1) is 8.72. The smallest absolute Gasteiger partial charge is 0.188 e. The number of benzene rings is 2. The molecule has 0 aliphatic heterocycles. The Labute approximate surface area is 118 Å². The minimum atomic E-state index is 0.917. The van der Waals surface area contributed by atoms with Gasteiger partial charge in [0.2, 0.25) is 0 Å². The van der Waals surface area contributed by atoms with Crippen LogP contribution >= 0.6 is 27.3 Å². The van der Waals surface area contributed by atoms with Crippen LogP contribution in [0.5, 0.6) is 0 Å². The molecule has 90 valence electrons. The standard InChI is InChI=1S/C14H11BrN2S/c1-9-6-7-11(10(15)8-9)16-14-17-12-4-2-3-5-13(12)18-14/h2-8H,1H3,(H,16,17). The Kier molecular flexibility index (Phi) is 3.06. The fraction of sp³-hybridized carbons (Fsp3) is 0.0714. The molecule has 0 aliphatic carbocycles. The molecule has 0 saturated carbocycles. The summed E-state index contributed by atoms with van der Waals surface area (Å²) in [6.07, 6.45) is 0. The molecule has 2 nitrogen and oxygen atoms in total. The van der Waals surface area contributed by atoms with Gasteiger partial charge in [-0.3, -0.25) is 0 Å². The number of nitrogens with zero attached hydrogens (tertiary/aromatic N) is 1. The number of fused-ring (bicyclic) bond motifs is 1.